The van der Waals surface area contributed by atoms with Gasteiger partial charge >= 0.3 is 0 Å². The van der Waals surface area contributed by atoms with Gasteiger partial charge in [0.25, 0.3) is 0 Å². The van der Waals surface area contributed by atoms with Crippen LogP contribution in [0.5, 0.6) is 5.75 Å². The number of aryl methyl sites for hydroxylation is 1. The molecule has 0 fully saturated rings. The third-order valence-electron chi connectivity index (χ3n) is 4.44. The molecule has 0 unspecified atom stereocenters. The van der Waals surface area contributed by atoms with E-state index in [4.69, 9.17) is 4.74 Å². The summed E-state index contributed by atoms with van der Waals surface area (Å²) < 4.78 is 31.8. The maximum atomic E-state index is 12.8. The summed E-state index contributed by atoms with van der Waals surface area (Å²) in [6.07, 6.45) is 0. The van der Waals surface area contributed by atoms with Gasteiger partial charge in [0, 0.05) is 25.7 Å². The molecule has 2 aromatic carbocycles. The fraction of sp³-hybridized carbons (Fsp3) is 0.300. The van der Waals surface area contributed by atoms with Crippen molar-refractivity contribution in [3.05, 3.63) is 47.5 Å². The second-order valence-corrected chi connectivity index (χ2v) is 8.64. The number of carbonyl (C=O) groups is 2. The van der Waals surface area contributed by atoms with Gasteiger partial charge in [-0.15, -0.1) is 0 Å². The first-order valence-electron chi connectivity index (χ1n) is 8.84. The minimum Gasteiger partial charge on any atom is -0.495 e. The molecule has 0 bridgehead atoms. The Morgan fingerprint density at radius 1 is 1.07 bits per heavy atom. The molecule has 2 rings (SSSR count). The van der Waals surface area contributed by atoms with Crippen molar-refractivity contribution >= 4 is 33.2 Å². The number of nitrogens with one attached hydrogen (secondary N) is 2. The molecule has 0 aliphatic heterocycles. The second kappa shape index (κ2) is 9.06. The summed E-state index contributed by atoms with van der Waals surface area (Å²) in [4.78, 5) is 23.6. The highest BCUT2D eigenvalue weighted by Gasteiger charge is 2.24. The number of rotatable bonds is 7. The maximum absolute atomic E-state index is 12.8. The number of sulfonamides is 1. The Bertz CT molecular complexity index is 1030. The van der Waals surface area contributed by atoms with E-state index in [1.165, 1.54) is 39.3 Å². The first-order chi connectivity index (χ1) is 13.6. The first-order valence-corrected chi connectivity index (χ1v) is 10.3. The van der Waals surface area contributed by atoms with E-state index in [1.807, 2.05) is 26.0 Å². The molecule has 156 valence electrons. The molecule has 0 spiro atoms. The van der Waals surface area contributed by atoms with Crippen LogP contribution in [0.3, 0.4) is 0 Å². The predicted octanol–water partition coefficient (Wildman–Crippen LogP) is 2.53. The second-order valence-electron chi connectivity index (χ2n) is 6.60. The van der Waals surface area contributed by atoms with E-state index in [9.17, 15) is 18.0 Å². The molecule has 0 aliphatic rings. The van der Waals surface area contributed by atoms with Crippen molar-refractivity contribution in [1.82, 2.24) is 4.31 Å². The van der Waals surface area contributed by atoms with E-state index in [1.54, 1.807) is 6.07 Å². The lowest BCUT2D eigenvalue weighted by molar-refractivity contribution is -0.116. The lowest BCUT2D eigenvalue weighted by Gasteiger charge is -2.19. The number of anilines is 2. The number of methoxy groups -OCH3 is 1. The third-order valence-corrected chi connectivity index (χ3v) is 6.24. The van der Waals surface area contributed by atoms with Gasteiger partial charge < -0.3 is 15.4 Å². The summed E-state index contributed by atoms with van der Waals surface area (Å²) in [5.74, 6) is -0.555. The zero-order valence-corrected chi connectivity index (χ0v) is 17.9. The van der Waals surface area contributed by atoms with Crippen LogP contribution in [0.15, 0.2) is 41.3 Å². The summed E-state index contributed by atoms with van der Waals surface area (Å²) in [5.41, 5.74) is 2.94. The number of hydrogen-bond donors (Lipinski definition) is 2. The zero-order valence-electron chi connectivity index (χ0n) is 17.1. The van der Waals surface area contributed by atoms with Gasteiger partial charge in [0.1, 0.15) is 5.75 Å². The van der Waals surface area contributed by atoms with Crippen molar-refractivity contribution in [1.29, 1.82) is 0 Å². The molecule has 2 aromatic rings. The molecule has 2 N–H and O–H groups in total. The smallest absolute Gasteiger partial charge is 0.243 e. The average Bonchev–Trinajstić information content (AvgIpc) is 2.65. The Morgan fingerprint density at radius 2 is 1.76 bits per heavy atom. The van der Waals surface area contributed by atoms with Crippen LogP contribution in [0.4, 0.5) is 11.4 Å². The topological polar surface area (TPSA) is 105 Å². The Morgan fingerprint density at radius 3 is 2.38 bits per heavy atom. The van der Waals surface area contributed by atoms with E-state index in [2.05, 4.69) is 10.6 Å². The van der Waals surface area contributed by atoms with Crippen molar-refractivity contribution in [3.8, 4) is 5.75 Å². The highest BCUT2D eigenvalue weighted by molar-refractivity contribution is 7.89. The van der Waals surface area contributed by atoms with E-state index < -0.39 is 15.9 Å². The summed E-state index contributed by atoms with van der Waals surface area (Å²) in [6, 6.07) is 9.61. The Labute approximate surface area is 170 Å². The molecule has 8 nitrogen and oxygen atoms in total. The van der Waals surface area contributed by atoms with Crippen LogP contribution >= 0.6 is 0 Å². The summed E-state index contributed by atoms with van der Waals surface area (Å²) in [6.45, 7) is 4.80. The van der Waals surface area contributed by atoms with Crippen LogP contribution in [0.1, 0.15) is 18.1 Å². The van der Waals surface area contributed by atoms with Crippen molar-refractivity contribution in [2.45, 2.75) is 25.7 Å². The third kappa shape index (κ3) is 5.33. The van der Waals surface area contributed by atoms with Crippen molar-refractivity contribution in [3.63, 3.8) is 0 Å². The van der Waals surface area contributed by atoms with Crippen LogP contribution in [0.25, 0.3) is 0 Å². The minimum absolute atomic E-state index is 0.0505. The number of carbonyl (C=O) groups excluding carboxylic acids is 2. The van der Waals surface area contributed by atoms with Gasteiger partial charge in [0.2, 0.25) is 21.8 Å². The normalized spacial score (nSPS) is 11.2. The molecular weight excluding hydrogens is 394 g/mol. The van der Waals surface area contributed by atoms with Gasteiger partial charge in [-0.05, 0) is 43.2 Å². The quantitative estimate of drug-likeness (QED) is 0.718. The highest BCUT2D eigenvalue weighted by atomic mass is 32.2. The van der Waals surface area contributed by atoms with Crippen molar-refractivity contribution in [2.75, 3.05) is 31.3 Å². The van der Waals surface area contributed by atoms with Crippen LogP contribution < -0.4 is 15.4 Å². The molecule has 0 radical (unpaired) electrons. The van der Waals surface area contributed by atoms with Crippen molar-refractivity contribution in [2.24, 2.45) is 0 Å². The summed E-state index contributed by atoms with van der Waals surface area (Å²) >= 11 is 0. The van der Waals surface area contributed by atoms with E-state index in [0.29, 0.717) is 11.4 Å². The van der Waals surface area contributed by atoms with E-state index >= 15 is 0 Å². The number of benzene rings is 2. The van der Waals surface area contributed by atoms with Gasteiger partial charge in [-0.25, -0.2) is 8.42 Å². The van der Waals surface area contributed by atoms with Gasteiger partial charge in [0.05, 0.1) is 24.2 Å². The van der Waals surface area contributed by atoms with Gasteiger partial charge in [-0.2, -0.15) is 4.31 Å². The molecule has 0 aromatic heterocycles. The Kier molecular flexibility index (Phi) is 6.99. The Balaban J connectivity index is 2.19. The first kappa shape index (κ1) is 22.4. The fourth-order valence-corrected chi connectivity index (χ4v) is 3.81. The average molecular weight is 420 g/mol. The van der Waals surface area contributed by atoms with E-state index in [-0.39, 0.29) is 23.1 Å². The van der Waals surface area contributed by atoms with Crippen LogP contribution in [0, 0.1) is 13.8 Å². The molecule has 9 heteroatoms. The molecule has 0 aliphatic carbocycles. The fourth-order valence-electron chi connectivity index (χ4n) is 2.67. The lowest BCUT2D eigenvalue weighted by Crippen LogP contribution is -2.35. The number of ether oxygens (including phenoxy) is 1. The van der Waals surface area contributed by atoms with Crippen LogP contribution in [-0.2, 0) is 19.6 Å². The predicted molar refractivity (Wildman–Crippen MR) is 112 cm³/mol. The van der Waals surface area contributed by atoms with Gasteiger partial charge in [-0.1, -0.05) is 12.1 Å². The number of likely N-dealkylation sites (N-methyl/N-ethyl adjacent to an activating group) is 1. The van der Waals surface area contributed by atoms with E-state index in [0.717, 1.165) is 15.4 Å². The zero-order chi connectivity index (χ0) is 21.8. The Hall–Kier alpha value is -2.91. The number of amides is 2. The van der Waals surface area contributed by atoms with Crippen molar-refractivity contribution < 1.29 is 22.7 Å². The SMILES string of the molecule is COc1cc(S(=O)(=O)N(C)CC(=O)Nc2cccc(C)c2C)ccc1NC(C)=O. The molecule has 0 atom stereocenters. The molecular formula is C20H25N3O5S. The van der Waals surface area contributed by atoms with Crippen LogP contribution in [0.2, 0.25) is 0 Å². The number of hydrogen-bond acceptors (Lipinski definition) is 5. The molecule has 29 heavy (non-hydrogen) atoms. The molecule has 0 saturated heterocycles. The molecule has 0 saturated carbocycles. The van der Waals surface area contributed by atoms with Crippen LogP contribution in [-0.4, -0.2) is 45.2 Å². The number of nitrogens with zero attached hydrogens (tertiary/aromatic N) is 1. The lowest BCUT2D eigenvalue weighted by atomic mass is 10.1. The minimum atomic E-state index is -3.94. The monoisotopic (exact) mass is 419 g/mol. The molecule has 0 heterocycles. The maximum Gasteiger partial charge on any atom is 0.243 e. The van der Waals surface area contributed by atoms with Gasteiger partial charge in [0.15, 0.2) is 0 Å². The summed E-state index contributed by atoms with van der Waals surface area (Å²) in [5, 5.41) is 5.31. The van der Waals surface area contributed by atoms with Gasteiger partial charge in [-0.3, -0.25) is 9.59 Å². The standard InChI is InChI=1S/C20H25N3O5S/c1-13-7-6-8-17(14(13)2)22-20(25)12-23(4)29(26,27)16-9-10-18(21-15(3)24)19(11-16)28-5/h6-11H,12H2,1-5H3,(H,21,24)(H,22,25). The molecule has 2 amide bonds. The highest BCUT2D eigenvalue weighted by Crippen LogP contribution is 2.29. The largest absolute Gasteiger partial charge is 0.495 e. The summed E-state index contributed by atoms with van der Waals surface area (Å²) in [7, 11) is -1.24.